The van der Waals surface area contributed by atoms with Crippen LogP contribution in [0.5, 0.6) is 0 Å². The minimum Gasteiger partial charge on any atom is -0.444 e. The van der Waals surface area contributed by atoms with Crippen molar-refractivity contribution in [2.45, 2.75) is 90.3 Å². The first-order chi connectivity index (χ1) is 19.3. The highest BCUT2D eigenvalue weighted by atomic mass is 32.2. The van der Waals surface area contributed by atoms with E-state index >= 15 is 0 Å². The first-order valence-electron chi connectivity index (χ1n) is 13.5. The molecule has 3 rings (SSSR count). The maximum Gasteiger partial charge on any atom is 0.408 e. The Morgan fingerprint density at radius 1 is 0.929 bits per heavy atom. The highest BCUT2D eigenvalue weighted by Gasteiger charge is 2.76. The van der Waals surface area contributed by atoms with Crippen molar-refractivity contribution >= 4 is 41.7 Å². The summed E-state index contributed by atoms with van der Waals surface area (Å²) in [7, 11) is 0. The van der Waals surface area contributed by atoms with Gasteiger partial charge in [0.25, 0.3) is 0 Å². The second-order valence-corrected chi connectivity index (χ2v) is 14.6. The van der Waals surface area contributed by atoms with E-state index in [4.69, 9.17) is 23.7 Å². The maximum absolute atomic E-state index is 13.7. The van der Waals surface area contributed by atoms with Gasteiger partial charge >= 0.3 is 30.0 Å². The summed E-state index contributed by atoms with van der Waals surface area (Å²) in [5.74, 6) is -4.83. The van der Waals surface area contributed by atoms with E-state index in [0.717, 1.165) is 0 Å². The molecular formula is C27H40N4O10S. The number of fused-ring (bicyclic) bond motifs is 1. The van der Waals surface area contributed by atoms with E-state index in [2.05, 4.69) is 20.5 Å². The van der Waals surface area contributed by atoms with E-state index in [-0.39, 0.29) is 6.42 Å². The van der Waals surface area contributed by atoms with Crippen molar-refractivity contribution in [3.63, 3.8) is 0 Å². The third kappa shape index (κ3) is 7.92. The predicted octanol–water partition coefficient (Wildman–Crippen LogP) is 2.97. The van der Waals surface area contributed by atoms with Gasteiger partial charge in [-0.15, -0.1) is 0 Å². The van der Waals surface area contributed by atoms with E-state index in [1.807, 2.05) is 0 Å². The number of hydrogen-bond acceptors (Lipinski definition) is 13. The van der Waals surface area contributed by atoms with Crippen LogP contribution in [0.3, 0.4) is 0 Å². The number of carbonyl (C=O) groups is 5. The van der Waals surface area contributed by atoms with Crippen LogP contribution in [0.25, 0.3) is 0 Å². The number of esters is 4. The Morgan fingerprint density at radius 3 is 2.00 bits per heavy atom. The average molecular weight is 613 g/mol. The first kappa shape index (κ1) is 33.1. The molecule has 234 valence electrons. The molecule has 0 aliphatic heterocycles. The van der Waals surface area contributed by atoms with Gasteiger partial charge in [0.1, 0.15) is 17.5 Å². The molecule has 0 spiro atoms. The fourth-order valence-corrected chi connectivity index (χ4v) is 6.01. The van der Waals surface area contributed by atoms with Crippen LogP contribution in [0.15, 0.2) is 11.5 Å². The van der Waals surface area contributed by atoms with Crippen LogP contribution in [0.2, 0.25) is 0 Å². The Bertz CT molecular complexity index is 1180. The van der Waals surface area contributed by atoms with Crippen molar-refractivity contribution in [3.8, 4) is 0 Å². The number of hydrogen-bond donors (Lipinski definition) is 2. The summed E-state index contributed by atoms with van der Waals surface area (Å²) in [5.41, 5.74) is -4.25. The van der Waals surface area contributed by atoms with Gasteiger partial charge in [-0.2, -0.15) is 5.10 Å². The molecule has 1 aromatic heterocycles. The summed E-state index contributed by atoms with van der Waals surface area (Å²) in [6.45, 7) is 13.6. The molecule has 42 heavy (non-hydrogen) atoms. The summed E-state index contributed by atoms with van der Waals surface area (Å²) >= 11 is 1.25. The van der Waals surface area contributed by atoms with Gasteiger partial charge in [0.15, 0.2) is 5.16 Å². The molecule has 2 aliphatic rings. The quantitative estimate of drug-likeness (QED) is 0.236. The van der Waals surface area contributed by atoms with Crippen molar-refractivity contribution in [2.75, 3.05) is 13.6 Å². The summed E-state index contributed by atoms with van der Waals surface area (Å²) < 4.78 is 26.3. The van der Waals surface area contributed by atoms with Crippen molar-refractivity contribution in [1.82, 2.24) is 20.5 Å². The van der Waals surface area contributed by atoms with Gasteiger partial charge in [-0.1, -0.05) is 11.8 Å². The number of ether oxygens (including phenoxy) is 5. The first-order valence-corrected chi connectivity index (χ1v) is 14.4. The number of rotatable bonds is 9. The zero-order valence-corrected chi connectivity index (χ0v) is 26.2. The molecule has 14 nitrogen and oxygen atoms in total. The van der Waals surface area contributed by atoms with Gasteiger partial charge in [0.2, 0.25) is 13.6 Å². The third-order valence-electron chi connectivity index (χ3n) is 6.61. The van der Waals surface area contributed by atoms with Gasteiger partial charge in [-0.3, -0.25) is 19.5 Å². The van der Waals surface area contributed by atoms with Crippen molar-refractivity contribution in [2.24, 2.45) is 28.6 Å². The van der Waals surface area contributed by atoms with E-state index in [1.165, 1.54) is 18.1 Å². The van der Waals surface area contributed by atoms with Crippen LogP contribution < -0.4 is 5.32 Å². The lowest BCUT2D eigenvalue weighted by molar-refractivity contribution is -0.177. The predicted molar refractivity (Wildman–Crippen MR) is 146 cm³/mol. The maximum atomic E-state index is 13.7. The number of nitrogens with one attached hydrogen (secondary N) is 2. The molecule has 15 heteroatoms. The molecule has 0 saturated heterocycles. The third-order valence-corrected chi connectivity index (χ3v) is 7.81. The number of amides is 1. The van der Waals surface area contributed by atoms with E-state index in [9.17, 15) is 24.0 Å². The molecule has 0 bridgehead atoms. The van der Waals surface area contributed by atoms with Gasteiger partial charge in [-0.05, 0) is 74.7 Å². The Hall–Kier alpha value is -3.36. The standard InChI is InChI=1S/C27H40N4O10S/c1-24(2,3)19(33)38-12-37-18(32)16-15-14(42-22-28-11-29-31-22)10-27(17(15)16,30-23(36)41-26(7,8)9)21(35)40-13-39-20(34)25(4,5)6/h11,14-17H,10,12-13H2,1-9H3,(H,30,36)(H,28,29,31)/t14-,15-,16-,17-,27-/m0/s1. The molecule has 5 atom stereocenters. The number of nitrogens with zero attached hydrogens (tertiary/aromatic N) is 2. The van der Waals surface area contributed by atoms with Crippen LogP contribution in [0, 0.1) is 28.6 Å². The SMILES string of the molecule is CC(C)(C)OC(=O)N[C@@]1(C(=O)OCOC(=O)C(C)(C)C)C[C@H](Sc2ncn[nH]2)[C@H]2[C@H](C(=O)OCOC(=O)C(C)(C)C)[C@H]21. The number of alkyl carbamates (subject to hydrolysis) is 1. The van der Waals surface area contributed by atoms with Crippen LogP contribution >= 0.6 is 11.8 Å². The van der Waals surface area contributed by atoms with Crippen LogP contribution in [-0.4, -0.2) is 75.1 Å². The van der Waals surface area contributed by atoms with Gasteiger partial charge in [0.05, 0.1) is 16.7 Å². The highest BCUT2D eigenvalue weighted by molar-refractivity contribution is 7.99. The molecule has 2 fully saturated rings. The van der Waals surface area contributed by atoms with Crippen LogP contribution in [0.1, 0.15) is 68.7 Å². The molecule has 0 aromatic carbocycles. The summed E-state index contributed by atoms with van der Waals surface area (Å²) in [6, 6.07) is 0. The Morgan fingerprint density at radius 2 is 1.50 bits per heavy atom. The van der Waals surface area contributed by atoms with Crippen LogP contribution in [-0.2, 0) is 42.9 Å². The second-order valence-electron chi connectivity index (χ2n) is 13.4. The zero-order chi connectivity index (χ0) is 31.7. The average Bonchev–Trinajstić information content (AvgIpc) is 3.23. The number of aromatic amines is 1. The number of carbonyl (C=O) groups excluding carboxylic acids is 5. The van der Waals surface area contributed by atoms with E-state index < -0.39 is 88.5 Å². The monoisotopic (exact) mass is 612 g/mol. The normalized spacial score (nSPS) is 25.1. The minimum absolute atomic E-state index is 0.0434. The molecule has 0 unspecified atom stereocenters. The van der Waals surface area contributed by atoms with E-state index in [1.54, 1.807) is 62.3 Å². The lowest BCUT2D eigenvalue weighted by Crippen LogP contribution is -2.58. The van der Waals surface area contributed by atoms with Crippen molar-refractivity contribution in [1.29, 1.82) is 0 Å². The number of H-pyrrole nitrogens is 1. The van der Waals surface area contributed by atoms with Gasteiger partial charge < -0.3 is 29.0 Å². The second kappa shape index (κ2) is 12.1. The highest BCUT2D eigenvalue weighted by Crippen LogP contribution is 2.66. The molecule has 2 aliphatic carbocycles. The molecule has 1 aromatic rings. The fourth-order valence-electron chi connectivity index (χ4n) is 4.67. The lowest BCUT2D eigenvalue weighted by atomic mass is 9.90. The largest absolute Gasteiger partial charge is 0.444 e. The summed E-state index contributed by atoms with van der Waals surface area (Å²) in [6.07, 6.45) is 0.469. The number of thioether (sulfide) groups is 1. The lowest BCUT2D eigenvalue weighted by Gasteiger charge is -2.33. The van der Waals surface area contributed by atoms with Gasteiger partial charge in [0, 0.05) is 11.2 Å². The molecule has 1 amide bonds. The van der Waals surface area contributed by atoms with Crippen molar-refractivity contribution in [3.05, 3.63) is 6.33 Å². The zero-order valence-electron chi connectivity index (χ0n) is 25.4. The fraction of sp³-hybridized carbons (Fsp3) is 0.741. The molecule has 0 radical (unpaired) electrons. The van der Waals surface area contributed by atoms with Crippen molar-refractivity contribution < 1.29 is 47.7 Å². The smallest absolute Gasteiger partial charge is 0.408 e. The molecular weight excluding hydrogens is 572 g/mol. The molecule has 2 saturated carbocycles. The Balaban J connectivity index is 1.86. The van der Waals surface area contributed by atoms with E-state index in [0.29, 0.717) is 5.16 Å². The summed E-state index contributed by atoms with van der Waals surface area (Å²) in [5, 5.41) is 9.27. The molecule has 2 N–H and O–H groups in total. The van der Waals surface area contributed by atoms with Crippen LogP contribution in [0.4, 0.5) is 4.79 Å². The Kier molecular flexibility index (Phi) is 9.54. The van der Waals surface area contributed by atoms with Gasteiger partial charge in [-0.25, -0.2) is 14.6 Å². The summed E-state index contributed by atoms with van der Waals surface area (Å²) in [4.78, 5) is 68.4. The number of aromatic nitrogens is 3. The topological polar surface area (TPSA) is 185 Å². The minimum atomic E-state index is -1.73. The molecule has 1 heterocycles. The Labute approximate surface area is 248 Å².